The minimum atomic E-state index is -0.683. The van der Waals surface area contributed by atoms with E-state index in [1.807, 2.05) is 0 Å². The highest BCUT2D eigenvalue weighted by molar-refractivity contribution is 6.35. The summed E-state index contributed by atoms with van der Waals surface area (Å²) in [4.78, 5) is 24.3. The first-order chi connectivity index (χ1) is 7.06. The lowest BCUT2D eigenvalue weighted by molar-refractivity contribution is -0.145. The van der Waals surface area contributed by atoms with Crippen LogP contribution in [0.4, 0.5) is 0 Å². The summed E-state index contributed by atoms with van der Waals surface area (Å²) in [6.07, 6.45) is 0. The van der Waals surface area contributed by atoms with Gasteiger partial charge in [0.1, 0.15) is 6.54 Å². The largest absolute Gasteiger partial charge is 0.335 e. The molecular formula is C10H15N3O2. The minimum absolute atomic E-state index is 0.122. The molecule has 0 aliphatic carbocycles. The smallest absolute Gasteiger partial charge is 0.311 e. The van der Waals surface area contributed by atoms with Crippen LogP contribution in [-0.4, -0.2) is 36.3 Å². The maximum Gasteiger partial charge on any atom is 0.311 e. The van der Waals surface area contributed by atoms with Crippen molar-refractivity contribution in [2.75, 3.05) is 19.6 Å². The highest BCUT2D eigenvalue weighted by Crippen LogP contribution is 2.21. The van der Waals surface area contributed by atoms with Crippen LogP contribution in [0.5, 0.6) is 0 Å². The normalized spacial score (nSPS) is 24.7. The molecule has 2 amide bonds. The maximum absolute atomic E-state index is 11.5. The van der Waals surface area contributed by atoms with Crippen molar-refractivity contribution in [2.45, 2.75) is 13.8 Å². The van der Waals surface area contributed by atoms with Crippen LogP contribution >= 0.6 is 0 Å². The van der Waals surface area contributed by atoms with Gasteiger partial charge in [-0.25, -0.2) is 0 Å². The molecule has 1 aliphatic rings. The monoisotopic (exact) mass is 209 g/mol. The summed E-state index contributed by atoms with van der Waals surface area (Å²) in [5.41, 5.74) is 0. The van der Waals surface area contributed by atoms with Crippen molar-refractivity contribution >= 4 is 11.8 Å². The van der Waals surface area contributed by atoms with E-state index in [0.717, 1.165) is 0 Å². The van der Waals surface area contributed by atoms with Crippen LogP contribution in [0, 0.1) is 23.2 Å². The van der Waals surface area contributed by atoms with E-state index in [4.69, 9.17) is 5.26 Å². The zero-order valence-corrected chi connectivity index (χ0v) is 8.99. The molecular weight excluding hydrogens is 194 g/mol. The average molecular weight is 209 g/mol. The van der Waals surface area contributed by atoms with Crippen LogP contribution in [0.3, 0.4) is 0 Å². The quantitative estimate of drug-likeness (QED) is 0.477. The zero-order valence-electron chi connectivity index (χ0n) is 8.99. The van der Waals surface area contributed by atoms with Gasteiger partial charge in [0.25, 0.3) is 0 Å². The van der Waals surface area contributed by atoms with Gasteiger partial charge in [-0.3, -0.25) is 9.59 Å². The van der Waals surface area contributed by atoms with E-state index in [1.165, 1.54) is 0 Å². The van der Waals surface area contributed by atoms with Gasteiger partial charge in [0.15, 0.2) is 0 Å². The summed E-state index contributed by atoms with van der Waals surface area (Å²) in [6, 6.07) is 1.76. The predicted molar refractivity (Wildman–Crippen MR) is 53.5 cm³/mol. The summed E-state index contributed by atoms with van der Waals surface area (Å²) >= 11 is 0. The van der Waals surface area contributed by atoms with Gasteiger partial charge in [-0.2, -0.15) is 5.26 Å². The number of carbonyl (C=O) groups excluding carboxylic acids is 2. The molecule has 1 rings (SSSR count). The molecule has 0 aromatic carbocycles. The van der Waals surface area contributed by atoms with Crippen LogP contribution in [0.25, 0.3) is 0 Å². The molecule has 1 aliphatic heterocycles. The third-order valence-corrected chi connectivity index (χ3v) is 2.80. The Bertz CT molecular complexity index is 298. The molecule has 0 radical (unpaired) electrons. The van der Waals surface area contributed by atoms with Gasteiger partial charge in [-0.05, 0) is 11.8 Å². The number of amides is 2. The topological polar surface area (TPSA) is 73.2 Å². The van der Waals surface area contributed by atoms with Crippen molar-refractivity contribution in [1.29, 1.82) is 5.26 Å². The molecule has 0 bridgehead atoms. The Morgan fingerprint density at radius 3 is 2.40 bits per heavy atom. The van der Waals surface area contributed by atoms with Crippen molar-refractivity contribution in [3.05, 3.63) is 0 Å². The number of nitrogens with zero attached hydrogens (tertiary/aromatic N) is 2. The Hall–Kier alpha value is -1.57. The minimum Gasteiger partial charge on any atom is -0.335 e. The maximum atomic E-state index is 11.5. The summed E-state index contributed by atoms with van der Waals surface area (Å²) in [7, 11) is 0. The van der Waals surface area contributed by atoms with Gasteiger partial charge in [-0.15, -0.1) is 0 Å². The number of nitriles is 1. The van der Waals surface area contributed by atoms with Gasteiger partial charge in [-0.1, -0.05) is 13.8 Å². The number of rotatable bonds is 1. The van der Waals surface area contributed by atoms with Gasteiger partial charge < -0.3 is 10.2 Å². The Labute approximate surface area is 89.0 Å². The molecule has 82 valence electrons. The molecule has 1 saturated heterocycles. The first-order valence-corrected chi connectivity index (χ1v) is 5.00. The molecule has 15 heavy (non-hydrogen) atoms. The fourth-order valence-corrected chi connectivity index (χ4v) is 1.63. The molecule has 0 aromatic rings. The van der Waals surface area contributed by atoms with Crippen molar-refractivity contribution in [3.8, 4) is 6.07 Å². The lowest BCUT2D eigenvalue weighted by atomic mass is 10.0. The fourth-order valence-electron chi connectivity index (χ4n) is 1.63. The Kier molecular flexibility index (Phi) is 3.67. The van der Waals surface area contributed by atoms with Crippen LogP contribution in [-0.2, 0) is 9.59 Å². The number of nitrogens with one attached hydrogen (secondary N) is 1. The lowest BCUT2D eigenvalue weighted by Crippen LogP contribution is -2.42. The van der Waals surface area contributed by atoms with E-state index >= 15 is 0 Å². The lowest BCUT2D eigenvalue weighted by Gasteiger charge is -2.14. The number of hydrogen-bond donors (Lipinski definition) is 1. The van der Waals surface area contributed by atoms with Crippen molar-refractivity contribution in [1.82, 2.24) is 10.2 Å². The number of carbonyl (C=O) groups is 2. The molecule has 0 saturated carbocycles. The highest BCUT2D eigenvalue weighted by atomic mass is 16.2. The predicted octanol–water partition coefficient (Wildman–Crippen LogP) is -0.259. The summed E-state index contributed by atoms with van der Waals surface area (Å²) < 4.78 is 0. The second-order valence-corrected chi connectivity index (χ2v) is 4.01. The molecule has 1 heterocycles. The van der Waals surface area contributed by atoms with E-state index in [-0.39, 0.29) is 6.54 Å². The van der Waals surface area contributed by atoms with Gasteiger partial charge in [0.05, 0.1) is 6.07 Å². The van der Waals surface area contributed by atoms with E-state index in [0.29, 0.717) is 24.9 Å². The highest BCUT2D eigenvalue weighted by Gasteiger charge is 2.32. The van der Waals surface area contributed by atoms with Crippen LogP contribution in [0.1, 0.15) is 13.8 Å². The standard InChI is InChI=1S/C10H15N3O2/c1-7-5-13(6-8(7)2)10(15)9(14)12-4-3-11/h7-8H,4-6H2,1-2H3,(H,12,14). The van der Waals surface area contributed by atoms with Crippen LogP contribution in [0.15, 0.2) is 0 Å². The van der Waals surface area contributed by atoms with Crippen molar-refractivity contribution in [3.63, 3.8) is 0 Å². The SMILES string of the molecule is CC1CN(C(=O)C(=O)NCC#N)CC1C. The molecule has 1 N–H and O–H groups in total. The molecule has 1 fully saturated rings. The second-order valence-electron chi connectivity index (χ2n) is 4.01. The second kappa shape index (κ2) is 4.78. The molecule has 5 nitrogen and oxygen atoms in total. The Morgan fingerprint density at radius 2 is 1.93 bits per heavy atom. The van der Waals surface area contributed by atoms with Gasteiger partial charge in [0.2, 0.25) is 0 Å². The van der Waals surface area contributed by atoms with E-state index in [2.05, 4.69) is 19.2 Å². The summed E-state index contributed by atoms with van der Waals surface area (Å²) in [5, 5.41) is 10.5. The van der Waals surface area contributed by atoms with Gasteiger partial charge >= 0.3 is 11.8 Å². The third-order valence-electron chi connectivity index (χ3n) is 2.80. The first-order valence-electron chi connectivity index (χ1n) is 5.00. The average Bonchev–Trinajstić information content (AvgIpc) is 2.54. The summed E-state index contributed by atoms with van der Waals surface area (Å²) in [6.45, 7) is 5.25. The Morgan fingerprint density at radius 1 is 1.40 bits per heavy atom. The Balaban J connectivity index is 2.48. The van der Waals surface area contributed by atoms with E-state index in [1.54, 1.807) is 11.0 Å². The molecule has 2 atom stereocenters. The summed E-state index contributed by atoms with van der Waals surface area (Å²) in [5.74, 6) is -0.352. The fraction of sp³-hybridized carbons (Fsp3) is 0.700. The molecule has 0 aromatic heterocycles. The van der Waals surface area contributed by atoms with Crippen LogP contribution < -0.4 is 5.32 Å². The third kappa shape index (κ3) is 2.69. The number of likely N-dealkylation sites (tertiary alicyclic amines) is 1. The molecule has 5 heteroatoms. The molecule has 0 spiro atoms. The van der Waals surface area contributed by atoms with Crippen molar-refractivity contribution < 1.29 is 9.59 Å². The number of hydrogen-bond acceptors (Lipinski definition) is 3. The van der Waals surface area contributed by atoms with E-state index < -0.39 is 11.8 Å². The van der Waals surface area contributed by atoms with Crippen LogP contribution in [0.2, 0.25) is 0 Å². The van der Waals surface area contributed by atoms with E-state index in [9.17, 15) is 9.59 Å². The molecule has 2 unspecified atom stereocenters. The zero-order chi connectivity index (χ0) is 11.4. The van der Waals surface area contributed by atoms with Gasteiger partial charge in [0, 0.05) is 13.1 Å². The van der Waals surface area contributed by atoms with Crippen molar-refractivity contribution in [2.24, 2.45) is 11.8 Å². The first kappa shape index (κ1) is 11.5.